The van der Waals surface area contributed by atoms with Crippen molar-refractivity contribution in [3.63, 3.8) is 0 Å². The first-order chi connectivity index (χ1) is 14.6. The van der Waals surface area contributed by atoms with Crippen molar-refractivity contribution < 1.29 is 23.5 Å². The average Bonchev–Trinajstić information content (AvgIpc) is 3.19. The van der Waals surface area contributed by atoms with Crippen LogP contribution in [0.25, 0.3) is 0 Å². The summed E-state index contributed by atoms with van der Waals surface area (Å²) in [7, 11) is -1.92. The fourth-order valence-corrected chi connectivity index (χ4v) is 6.58. The third kappa shape index (κ3) is 4.43. The standard InChI is InChI=1S/C25H41NO5Si/c1-10-17-16-29-21(27)20(17)25-13-11-19(31-32(8,9)24(5,6)7)15-18(25)12-14-26(25)22(28)30-23(2,3)4/h10,18-19H,1,11-16H2,2-9H3/t18-,19+,25+/m1/s1. The van der Waals surface area contributed by atoms with Gasteiger partial charge in [0.05, 0.1) is 11.1 Å². The Bertz CT molecular complexity index is 819. The Balaban J connectivity index is 1.97. The van der Waals surface area contributed by atoms with Gasteiger partial charge in [-0.2, -0.15) is 0 Å². The van der Waals surface area contributed by atoms with Gasteiger partial charge in [0, 0.05) is 18.2 Å². The molecular weight excluding hydrogens is 422 g/mol. The summed E-state index contributed by atoms with van der Waals surface area (Å²) in [5.74, 6) is -0.210. The lowest BCUT2D eigenvalue weighted by atomic mass is 9.67. The van der Waals surface area contributed by atoms with E-state index in [1.807, 2.05) is 20.8 Å². The highest BCUT2D eigenvalue weighted by Crippen LogP contribution is 2.53. The van der Waals surface area contributed by atoms with Crippen LogP contribution in [-0.2, 0) is 18.7 Å². The maximum Gasteiger partial charge on any atom is 0.411 e. The number of rotatable bonds is 4. The van der Waals surface area contributed by atoms with E-state index in [0.717, 1.165) is 24.8 Å². The first kappa shape index (κ1) is 25.0. The summed E-state index contributed by atoms with van der Waals surface area (Å²) in [6.07, 6.45) is 4.58. The molecule has 32 heavy (non-hydrogen) atoms. The Kier molecular flexibility index (Phi) is 6.50. The van der Waals surface area contributed by atoms with Crippen LogP contribution in [0.15, 0.2) is 23.8 Å². The van der Waals surface area contributed by atoms with Gasteiger partial charge in [-0.15, -0.1) is 0 Å². The highest BCUT2D eigenvalue weighted by Gasteiger charge is 2.60. The number of hydrogen-bond acceptors (Lipinski definition) is 5. The van der Waals surface area contributed by atoms with Crippen LogP contribution in [0, 0.1) is 5.92 Å². The van der Waals surface area contributed by atoms with Gasteiger partial charge in [-0.1, -0.05) is 33.4 Å². The van der Waals surface area contributed by atoms with Crippen molar-refractivity contribution in [2.75, 3.05) is 13.2 Å². The number of amides is 1. The molecule has 1 saturated carbocycles. The van der Waals surface area contributed by atoms with Gasteiger partial charge in [0.15, 0.2) is 8.32 Å². The van der Waals surface area contributed by atoms with Crippen LogP contribution < -0.4 is 0 Å². The number of ether oxygens (including phenoxy) is 2. The molecule has 180 valence electrons. The Morgan fingerprint density at radius 3 is 2.44 bits per heavy atom. The molecule has 7 heteroatoms. The van der Waals surface area contributed by atoms with Gasteiger partial charge in [-0.3, -0.25) is 4.90 Å². The van der Waals surface area contributed by atoms with E-state index in [0.29, 0.717) is 18.5 Å². The van der Waals surface area contributed by atoms with Gasteiger partial charge >= 0.3 is 12.1 Å². The fraction of sp³-hybridized carbons (Fsp3) is 0.760. The highest BCUT2D eigenvalue weighted by molar-refractivity contribution is 6.74. The number of cyclic esters (lactones) is 1. The maximum atomic E-state index is 13.3. The maximum absolute atomic E-state index is 13.3. The monoisotopic (exact) mass is 463 g/mol. The molecule has 2 fully saturated rings. The molecule has 1 saturated heterocycles. The molecule has 0 radical (unpaired) electrons. The van der Waals surface area contributed by atoms with Crippen molar-refractivity contribution >= 4 is 20.4 Å². The molecule has 0 aromatic heterocycles. The van der Waals surface area contributed by atoms with Gasteiger partial charge in [-0.05, 0) is 70.5 Å². The Hall–Kier alpha value is -1.60. The van der Waals surface area contributed by atoms with E-state index < -0.39 is 19.5 Å². The molecular formula is C25H41NO5Si. The van der Waals surface area contributed by atoms with E-state index >= 15 is 0 Å². The minimum Gasteiger partial charge on any atom is -0.457 e. The summed E-state index contributed by atoms with van der Waals surface area (Å²) in [6, 6.07) is 0. The van der Waals surface area contributed by atoms with Crippen LogP contribution in [0.2, 0.25) is 18.1 Å². The number of likely N-dealkylation sites (tertiary alicyclic amines) is 1. The second-order valence-electron chi connectivity index (χ2n) is 12.0. The number of carbonyl (C=O) groups is 2. The van der Waals surface area contributed by atoms with Crippen molar-refractivity contribution in [2.45, 2.75) is 103 Å². The van der Waals surface area contributed by atoms with E-state index in [-0.39, 0.29) is 35.7 Å². The summed E-state index contributed by atoms with van der Waals surface area (Å²) >= 11 is 0. The van der Waals surface area contributed by atoms with E-state index in [1.54, 1.807) is 11.0 Å². The van der Waals surface area contributed by atoms with Crippen molar-refractivity contribution in [1.29, 1.82) is 0 Å². The Morgan fingerprint density at radius 1 is 1.22 bits per heavy atom. The molecule has 0 aromatic rings. The first-order valence-electron chi connectivity index (χ1n) is 11.8. The van der Waals surface area contributed by atoms with Crippen molar-refractivity contribution in [3.05, 3.63) is 23.8 Å². The third-order valence-corrected chi connectivity index (χ3v) is 12.2. The second kappa shape index (κ2) is 8.31. The van der Waals surface area contributed by atoms with Crippen LogP contribution >= 0.6 is 0 Å². The molecule has 0 aromatic carbocycles. The second-order valence-corrected chi connectivity index (χ2v) is 16.8. The molecule has 3 atom stereocenters. The number of carbonyl (C=O) groups excluding carboxylic acids is 2. The molecule has 0 N–H and O–H groups in total. The largest absolute Gasteiger partial charge is 0.457 e. The summed E-state index contributed by atoms with van der Waals surface area (Å²) < 4.78 is 18.0. The van der Waals surface area contributed by atoms with Gasteiger partial charge in [0.2, 0.25) is 0 Å². The molecule has 3 aliphatic rings. The zero-order chi connectivity index (χ0) is 24.1. The van der Waals surface area contributed by atoms with Crippen molar-refractivity contribution in [1.82, 2.24) is 4.90 Å². The molecule has 0 bridgehead atoms. The lowest BCUT2D eigenvalue weighted by molar-refractivity contribution is -0.137. The van der Waals surface area contributed by atoms with Crippen LogP contribution in [-0.4, -0.2) is 55.7 Å². The van der Waals surface area contributed by atoms with Gasteiger partial charge in [-0.25, -0.2) is 9.59 Å². The normalized spacial score (nSPS) is 29.1. The topological polar surface area (TPSA) is 65.1 Å². The van der Waals surface area contributed by atoms with Gasteiger partial charge < -0.3 is 13.9 Å². The minimum atomic E-state index is -1.92. The Labute approximate surface area is 194 Å². The SMILES string of the molecule is C=CC1=C([C@]23CC[C@H](O[Si](C)(C)C(C)(C)C)C[C@H]2CCN3C(=O)OC(C)(C)C)C(=O)OC1. The summed E-state index contributed by atoms with van der Waals surface area (Å²) in [4.78, 5) is 28.0. The van der Waals surface area contributed by atoms with E-state index in [2.05, 4.69) is 40.4 Å². The smallest absolute Gasteiger partial charge is 0.411 e. The van der Waals surface area contributed by atoms with Crippen LogP contribution in [0.1, 0.15) is 67.2 Å². The number of fused-ring (bicyclic) bond motifs is 1. The average molecular weight is 464 g/mol. The van der Waals surface area contributed by atoms with E-state index in [9.17, 15) is 9.59 Å². The molecule has 2 aliphatic heterocycles. The van der Waals surface area contributed by atoms with Crippen LogP contribution in [0.4, 0.5) is 4.79 Å². The van der Waals surface area contributed by atoms with Crippen molar-refractivity contribution in [3.8, 4) is 0 Å². The molecule has 3 rings (SSSR count). The zero-order valence-electron chi connectivity index (χ0n) is 21.2. The quantitative estimate of drug-likeness (QED) is 0.401. The van der Waals surface area contributed by atoms with E-state index in [1.165, 1.54) is 0 Å². The predicted octanol–water partition coefficient (Wildman–Crippen LogP) is 5.60. The molecule has 0 spiro atoms. The highest BCUT2D eigenvalue weighted by atomic mass is 28.4. The summed E-state index contributed by atoms with van der Waals surface area (Å²) in [5, 5.41) is 0.132. The predicted molar refractivity (Wildman–Crippen MR) is 128 cm³/mol. The van der Waals surface area contributed by atoms with Crippen LogP contribution in [0.3, 0.4) is 0 Å². The van der Waals surface area contributed by atoms with E-state index in [4.69, 9.17) is 13.9 Å². The number of hydrogen-bond donors (Lipinski definition) is 0. The summed E-state index contributed by atoms with van der Waals surface area (Å²) in [5.41, 5.74) is 0.0725. The molecule has 1 amide bonds. The van der Waals surface area contributed by atoms with Gasteiger partial charge in [0.25, 0.3) is 0 Å². The van der Waals surface area contributed by atoms with Crippen molar-refractivity contribution in [2.24, 2.45) is 5.92 Å². The number of esters is 1. The summed E-state index contributed by atoms with van der Waals surface area (Å²) in [6.45, 7) is 21.6. The molecule has 6 nitrogen and oxygen atoms in total. The van der Waals surface area contributed by atoms with Gasteiger partial charge in [0.1, 0.15) is 12.2 Å². The lowest BCUT2D eigenvalue weighted by Gasteiger charge is -2.49. The Morgan fingerprint density at radius 2 is 1.88 bits per heavy atom. The fourth-order valence-electron chi connectivity index (χ4n) is 5.18. The minimum absolute atomic E-state index is 0.120. The molecule has 1 aliphatic carbocycles. The number of nitrogens with zero attached hydrogens (tertiary/aromatic N) is 1. The third-order valence-electron chi connectivity index (χ3n) is 7.70. The molecule has 2 heterocycles. The zero-order valence-corrected chi connectivity index (χ0v) is 22.2. The lowest BCUT2D eigenvalue weighted by Crippen LogP contribution is -2.58. The molecule has 0 unspecified atom stereocenters. The first-order valence-corrected chi connectivity index (χ1v) is 14.7. The van der Waals surface area contributed by atoms with Crippen LogP contribution in [0.5, 0.6) is 0 Å².